The first-order valence-corrected chi connectivity index (χ1v) is 5.14. The summed E-state index contributed by atoms with van der Waals surface area (Å²) in [5.41, 5.74) is 0. The molecule has 0 spiro atoms. The van der Waals surface area contributed by atoms with Crippen molar-refractivity contribution in [3.8, 4) is 0 Å². The van der Waals surface area contributed by atoms with E-state index in [0.717, 1.165) is 0 Å². The van der Waals surface area contributed by atoms with Crippen LogP contribution in [0, 0.1) is 0 Å². The van der Waals surface area contributed by atoms with E-state index in [1.54, 1.807) is 14.2 Å². The maximum absolute atomic E-state index is 10.6. The molecule has 0 aromatic carbocycles. The highest BCUT2D eigenvalue weighted by atomic mass is 32.2. The third-order valence-electron chi connectivity index (χ3n) is 1.74. The molecule has 0 aromatic heterocycles. The normalized spacial score (nSPS) is 16.1. The fourth-order valence-corrected chi connectivity index (χ4v) is 1.25. The summed E-state index contributed by atoms with van der Waals surface area (Å²) in [6, 6.07) is 0. The molecule has 0 aliphatic carbocycles. The van der Waals surface area contributed by atoms with E-state index in [1.165, 1.54) is 4.31 Å². The minimum absolute atomic E-state index is 0.103. The average Bonchev–Trinajstić information content (AvgIpc) is 2.11. The summed E-state index contributed by atoms with van der Waals surface area (Å²) in [6.07, 6.45) is 1.23. The predicted octanol–water partition coefficient (Wildman–Crippen LogP) is -0.158. The van der Waals surface area contributed by atoms with Gasteiger partial charge in [-0.15, -0.1) is 0 Å². The SMILES string of the molecule is CO[C@@H](CCCO)CN(C)S(=O)O. The number of nitrogens with zero attached hydrogens (tertiary/aromatic N) is 1. The van der Waals surface area contributed by atoms with Crippen molar-refractivity contribution in [2.24, 2.45) is 0 Å². The van der Waals surface area contributed by atoms with Crippen molar-refractivity contribution in [2.45, 2.75) is 18.9 Å². The molecular weight excluding hydrogens is 194 g/mol. The van der Waals surface area contributed by atoms with E-state index in [0.29, 0.717) is 19.4 Å². The quantitative estimate of drug-likeness (QED) is 0.574. The van der Waals surface area contributed by atoms with Gasteiger partial charge in [0, 0.05) is 27.3 Å². The van der Waals surface area contributed by atoms with Gasteiger partial charge in [-0.25, -0.2) is 8.51 Å². The molecule has 2 N–H and O–H groups in total. The van der Waals surface area contributed by atoms with Gasteiger partial charge in [0.25, 0.3) is 0 Å². The Morgan fingerprint density at radius 2 is 2.23 bits per heavy atom. The third-order valence-corrected chi connectivity index (χ3v) is 2.43. The second-order valence-corrected chi connectivity index (χ2v) is 3.85. The van der Waals surface area contributed by atoms with Gasteiger partial charge in [0.1, 0.15) is 0 Å². The van der Waals surface area contributed by atoms with Crippen LogP contribution in [0.25, 0.3) is 0 Å². The highest BCUT2D eigenvalue weighted by molar-refractivity contribution is 7.76. The van der Waals surface area contributed by atoms with E-state index in [1.807, 2.05) is 0 Å². The molecule has 0 saturated carbocycles. The highest BCUT2D eigenvalue weighted by Gasteiger charge is 2.13. The van der Waals surface area contributed by atoms with E-state index >= 15 is 0 Å². The Hall–Kier alpha value is -0.0100. The van der Waals surface area contributed by atoms with Crippen LogP contribution in [0.1, 0.15) is 12.8 Å². The summed E-state index contributed by atoms with van der Waals surface area (Å²) in [6.45, 7) is 0.505. The summed E-state index contributed by atoms with van der Waals surface area (Å²) >= 11 is -1.95. The van der Waals surface area contributed by atoms with E-state index in [4.69, 9.17) is 14.4 Å². The van der Waals surface area contributed by atoms with Gasteiger partial charge < -0.3 is 9.84 Å². The molecule has 0 rings (SSSR count). The molecular formula is C7H17NO4S. The fraction of sp³-hybridized carbons (Fsp3) is 1.00. The van der Waals surface area contributed by atoms with Gasteiger partial charge in [-0.2, -0.15) is 0 Å². The van der Waals surface area contributed by atoms with Crippen molar-refractivity contribution in [3.05, 3.63) is 0 Å². The Bertz CT molecular complexity index is 155. The van der Waals surface area contributed by atoms with Crippen molar-refractivity contribution in [2.75, 3.05) is 27.3 Å². The van der Waals surface area contributed by atoms with Gasteiger partial charge in [0.2, 0.25) is 11.3 Å². The number of ether oxygens (including phenoxy) is 1. The number of methoxy groups -OCH3 is 1. The van der Waals surface area contributed by atoms with Crippen LogP contribution in [-0.2, 0) is 16.0 Å². The van der Waals surface area contributed by atoms with Gasteiger partial charge in [-0.3, -0.25) is 4.55 Å². The molecule has 0 heterocycles. The van der Waals surface area contributed by atoms with Gasteiger partial charge in [-0.1, -0.05) is 0 Å². The molecule has 0 bridgehead atoms. The predicted molar refractivity (Wildman–Crippen MR) is 50.5 cm³/mol. The summed E-state index contributed by atoms with van der Waals surface area (Å²) in [5.74, 6) is 0. The molecule has 0 aliphatic heterocycles. The van der Waals surface area contributed by atoms with Crippen LogP contribution < -0.4 is 0 Å². The lowest BCUT2D eigenvalue weighted by molar-refractivity contribution is 0.0753. The third kappa shape index (κ3) is 6.11. The van der Waals surface area contributed by atoms with Crippen LogP contribution >= 0.6 is 0 Å². The summed E-state index contributed by atoms with van der Waals surface area (Å²) in [4.78, 5) is 0. The molecule has 0 saturated heterocycles. The van der Waals surface area contributed by atoms with E-state index < -0.39 is 11.3 Å². The van der Waals surface area contributed by atoms with Crippen LogP contribution in [0.4, 0.5) is 0 Å². The minimum atomic E-state index is -1.95. The molecule has 6 heteroatoms. The lowest BCUT2D eigenvalue weighted by atomic mass is 10.2. The maximum atomic E-state index is 10.6. The highest BCUT2D eigenvalue weighted by Crippen LogP contribution is 2.03. The molecule has 0 amide bonds. The molecule has 5 nitrogen and oxygen atoms in total. The van der Waals surface area contributed by atoms with E-state index in [2.05, 4.69) is 0 Å². The van der Waals surface area contributed by atoms with Crippen molar-refractivity contribution >= 4 is 11.3 Å². The Labute approximate surface area is 81.1 Å². The summed E-state index contributed by atoms with van der Waals surface area (Å²) < 4.78 is 25.6. The first-order valence-electron chi connectivity index (χ1n) is 4.07. The molecule has 2 atom stereocenters. The van der Waals surface area contributed by atoms with Crippen molar-refractivity contribution in [3.63, 3.8) is 0 Å². The van der Waals surface area contributed by atoms with Gasteiger partial charge >= 0.3 is 0 Å². The molecule has 0 aliphatic rings. The van der Waals surface area contributed by atoms with Crippen molar-refractivity contribution < 1.29 is 18.6 Å². The van der Waals surface area contributed by atoms with Gasteiger partial charge in [-0.05, 0) is 12.8 Å². The first-order chi connectivity index (χ1) is 6.11. The summed E-state index contributed by atoms with van der Waals surface area (Å²) in [7, 11) is 3.09. The molecule has 0 aromatic rings. The second-order valence-electron chi connectivity index (χ2n) is 2.76. The van der Waals surface area contributed by atoms with Gasteiger partial charge in [0.15, 0.2) is 0 Å². The molecule has 0 fully saturated rings. The number of hydrogen-bond acceptors (Lipinski definition) is 3. The smallest absolute Gasteiger partial charge is 0.234 e. The Balaban J connectivity index is 3.75. The largest absolute Gasteiger partial charge is 0.396 e. The van der Waals surface area contributed by atoms with Crippen molar-refractivity contribution in [1.29, 1.82) is 0 Å². The van der Waals surface area contributed by atoms with Crippen LogP contribution in [-0.4, -0.2) is 51.6 Å². The minimum Gasteiger partial charge on any atom is -0.396 e. The van der Waals surface area contributed by atoms with Crippen LogP contribution in [0.3, 0.4) is 0 Å². The van der Waals surface area contributed by atoms with E-state index in [-0.39, 0.29) is 12.7 Å². The summed E-state index contributed by atoms with van der Waals surface area (Å²) in [5, 5.41) is 8.58. The zero-order chi connectivity index (χ0) is 10.3. The molecule has 13 heavy (non-hydrogen) atoms. The zero-order valence-corrected chi connectivity index (χ0v) is 8.79. The van der Waals surface area contributed by atoms with Crippen LogP contribution in [0.15, 0.2) is 0 Å². The second kappa shape index (κ2) is 7.40. The fourth-order valence-electron chi connectivity index (χ4n) is 0.953. The first kappa shape index (κ1) is 13.0. The number of likely N-dealkylation sites (N-methyl/N-ethyl adjacent to an activating group) is 1. The number of aliphatic hydroxyl groups excluding tert-OH is 1. The number of aliphatic hydroxyl groups is 1. The monoisotopic (exact) mass is 211 g/mol. The van der Waals surface area contributed by atoms with Crippen LogP contribution in [0.2, 0.25) is 0 Å². The lowest BCUT2D eigenvalue weighted by Gasteiger charge is -2.19. The Kier molecular flexibility index (Phi) is 7.39. The zero-order valence-electron chi connectivity index (χ0n) is 7.97. The molecule has 80 valence electrons. The Morgan fingerprint density at radius 3 is 2.62 bits per heavy atom. The van der Waals surface area contributed by atoms with E-state index in [9.17, 15) is 4.21 Å². The standard InChI is InChI=1S/C7H17NO4S/c1-8(13(10)11)6-7(12-2)4-3-5-9/h7,9H,3-6H2,1-2H3,(H,10,11)/t7-/m0/s1. The van der Waals surface area contributed by atoms with Gasteiger partial charge in [0.05, 0.1) is 6.10 Å². The molecule has 0 radical (unpaired) electrons. The van der Waals surface area contributed by atoms with Crippen LogP contribution in [0.5, 0.6) is 0 Å². The number of rotatable bonds is 7. The Morgan fingerprint density at radius 1 is 1.62 bits per heavy atom. The maximum Gasteiger partial charge on any atom is 0.234 e. The lowest BCUT2D eigenvalue weighted by Crippen LogP contribution is -2.31. The molecule has 1 unspecified atom stereocenters. The average molecular weight is 211 g/mol. The van der Waals surface area contributed by atoms with Crippen molar-refractivity contribution in [1.82, 2.24) is 4.31 Å². The number of hydrogen-bond donors (Lipinski definition) is 2. The topological polar surface area (TPSA) is 70.0 Å².